The van der Waals surface area contributed by atoms with Crippen LogP contribution in [-0.2, 0) is 31.5 Å². The molecule has 13 nitrogen and oxygen atoms in total. The molecule has 1 amide bonds. The van der Waals surface area contributed by atoms with Crippen LogP contribution in [0, 0.1) is 12.7 Å². The van der Waals surface area contributed by atoms with E-state index in [4.69, 9.17) is 9.47 Å². The van der Waals surface area contributed by atoms with Crippen molar-refractivity contribution in [2.45, 2.75) is 58.8 Å². The van der Waals surface area contributed by atoms with Gasteiger partial charge in [0.05, 0.1) is 43.8 Å². The molecule has 4 rings (SSSR count). The van der Waals surface area contributed by atoms with Crippen LogP contribution < -0.4 is 21.3 Å². The third kappa shape index (κ3) is 6.61. The number of halogens is 1. The number of hydrogen-bond donors (Lipinski definition) is 1. The van der Waals surface area contributed by atoms with E-state index in [9.17, 15) is 27.2 Å². The largest absolute Gasteiger partial charge is 0.496 e. The molecule has 1 unspecified atom stereocenters. The minimum Gasteiger partial charge on any atom is -0.496 e. The van der Waals surface area contributed by atoms with Gasteiger partial charge in [0.25, 0.3) is 5.56 Å². The van der Waals surface area contributed by atoms with Crippen LogP contribution in [0.15, 0.2) is 40.2 Å². The number of nitrogens with one attached hydrogen (secondary N) is 1. The van der Waals surface area contributed by atoms with Gasteiger partial charge in [0, 0.05) is 23.4 Å². The van der Waals surface area contributed by atoms with Gasteiger partial charge in [0.1, 0.15) is 42.9 Å². The summed E-state index contributed by atoms with van der Waals surface area (Å²) in [5, 5.41) is 11.7. The normalized spacial score (nSPS) is 13.0. The van der Waals surface area contributed by atoms with E-state index in [1.807, 2.05) is 0 Å². The zero-order valence-corrected chi connectivity index (χ0v) is 27.1. The second-order valence-corrected chi connectivity index (χ2v) is 14.4. The second-order valence-electron chi connectivity index (χ2n) is 11.1. The molecule has 0 radical (unpaired) electrons. The third-order valence-electron chi connectivity index (χ3n) is 6.98. The molecule has 44 heavy (non-hydrogen) atoms. The fraction of sp³-hybridized carbons (Fsp3) is 0.464. The first-order valence-electron chi connectivity index (χ1n) is 13.7. The standard InChI is InChI=1S/C28H35FN6O7S2/c1-16(2)32-26(37)28(4,5)34-23(36)22-17(3)24(35-30-10-11-31-35)43-25(22)33(27(34)38)15-21(42-12-13-44(7,39)40)19-14-18(29)8-9-20(19)41-6/h8-11,14,16,21H,12-13,15H2,1-7H3,(H,32,37). The van der Waals surface area contributed by atoms with Gasteiger partial charge < -0.3 is 14.8 Å². The Morgan fingerprint density at radius 3 is 2.43 bits per heavy atom. The van der Waals surface area contributed by atoms with Crippen molar-refractivity contribution in [1.29, 1.82) is 0 Å². The van der Waals surface area contributed by atoms with Crippen molar-refractivity contribution in [2.75, 3.05) is 25.7 Å². The van der Waals surface area contributed by atoms with E-state index in [0.717, 1.165) is 22.2 Å². The van der Waals surface area contributed by atoms with E-state index in [-0.39, 0.29) is 46.5 Å². The maximum atomic E-state index is 14.5. The predicted octanol–water partition coefficient (Wildman–Crippen LogP) is 2.32. The Morgan fingerprint density at radius 2 is 1.84 bits per heavy atom. The first kappa shape index (κ1) is 33.0. The first-order chi connectivity index (χ1) is 20.6. The number of aryl methyl sites for hydroxylation is 1. The van der Waals surface area contributed by atoms with Gasteiger partial charge in [-0.1, -0.05) is 11.3 Å². The fourth-order valence-electron chi connectivity index (χ4n) is 4.75. The number of aromatic nitrogens is 5. The fourth-order valence-corrected chi connectivity index (χ4v) is 6.36. The Hall–Kier alpha value is -3.89. The highest BCUT2D eigenvalue weighted by atomic mass is 32.2. The molecule has 1 atom stereocenters. The highest BCUT2D eigenvalue weighted by Crippen LogP contribution is 2.34. The minimum atomic E-state index is -3.42. The topological polar surface area (TPSA) is 156 Å². The van der Waals surface area contributed by atoms with Gasteiger partial charge in [-0.05, 0) is 52.8 Å². The van der Waals surface area contributed by atoms with Gasteiger partial charge in [-0.3, -0.25) is 14.2 Å². The Morgan fingerprint density at radius 1 is 1.18 bits per heavy atom. The van der Waals surface area contributed by atoms with Gasteiger partial charge in [0.2, 0.25) is 5.91 Å². The number of amides is 1. The Balaban J connectivity index is 2.02. The monoisotopic (exact) mass is 650 g/mol. The van der Waals surface area contributed by atoms with Crippen molar-refractivity contribution in [3.63, 3.8) is 0 Å². The van der Waals surface area contributed by atoms with Crippen molar-refractivity contribution < 1.29 is 27.1 Å². The minimum absolute atomic E-state index is 0.161. The van der Waals surface area contributed by atoms with Gasteiger partial charge >= 0.3 is 5.69 Å². The summed E-state index contributed by atoms with van der Waals surface area (Å²) in [6.07, 6.45) is 2.89. The Labute approximate surface area is 257 Å². The van der Waals surface area contributed by atoms with Crippen molar-refractivity contribution in [2.24, 2.45) is 0 Å². The number of hydrogen-bond acceptors (Lipinski definition) is 10. The van der Waals surface area contributed by atoms with Crippen molar-refractivity contribution in [3.8, 4) is 10.8 Å². The molecule has 0 aliphatic heterocycles. The number of rotatable bonds is 12. The highest BCUT2D eigenvalue weighted by Gasteiger charge is 2.36. The molecule has 0 spiro atoms. The molecule has 0 saturated heterocycles. The summed E-state index contributed by atoms with van der Waals surface area (Å²) in [7, 11) is -2.04. The van der Waals surface area contributed by atoms with E-state index in [1.165, 1.54) is 60.9 Å². The van der Waals surface area contributed by atoms with Crippen LogP contribution in [0.3, 0.4) is 0 Å². The summed E-state index contributed by atoms with van der Waals surface area (Å²) in [4.78, 5) is 43.3. The van der Waals surface area contributed by atoms with Gasteiger partial charge in [-0.2, -0.15) is 10.2 Å². The summed E-state index contributed by atoms with van der Waals surface area (Å²) < 4.78 is 51.9. The quantitative estimate of drug-likeness (QED) is 0.243. The Bertz CT molecular complexity index is 1910. The molecule has 0 aliphatic rings. The molecule has 0 bridgehead atoms. The zero-order valence-electron chi connectivity index (χ0n) is 25.5. The average molecular weight is 651 g/mol. The molecule has 0 fully saturated rings. The number of thiophene rings is 1. The number of nitrogens with zero attached hydrogens (tertiary/aromatic N) is 5. The molecule has 16 heteroatoms. The van der Waals surface area contributed by atoms with Crippen LogP contribution in [0.2, 0.25) is 0 Å². The van der Waals surface area contributed by atoms with Crippen molar-refractivity contribution in [3.05, 3.63) is 68.4 Å². The van der Waals surface area contributed by atoms with Crippen LogP contribution >= 0.6 is 11.3 Å². The van der Waals surface area contributed by atoms with Gasteiger partial charge in [-0.15, -0.1) is 4.80 Å². The lowest BCUT2D eigenvalue weighted by Crippen LogP contribution is -2.56. The van der Waals surface area contributed by atoms with Crippen LogP contribution in [0.25, 0.3) is 15.2 Å². The van der Waals surface area contributed by atoms with Crippen molar-refractivity contribution >= 4 is 37.3 Å². The summed E-state index contributed by atoms with van der Waals surface area (Å²) in [6.45, 7) is 7.59. The van der Waals surface area contributed by atoms with Gasteiger partial charge in [-0.25, -0.2) is 22.2 Å². The molecule has 3 heterocycles. The Kier molecular flexibility index (Phi) is 9.46. The number of carbonyl (C=O) groups excluding carboxylic acids is 1. The van der Waals surface area contributed by atoms with E-state index < -0.39 is 44.5 Å². The zero-order chi connectivity index (χ0) is 32.6. The van der Waals surface area contributed by atoms with Gasteiger partial charge in [0.15, 0.2) is 0 Å². The molecule has 1 aromatic carbocycles. The lowest BCUT2D eigenvalue weighted by Gasteiger charge is -2.28. The van der Waals surface area contributed by atoms with Crippen molar-refractivity contribution in [1.82, 2.24) is 29.4 Å². The van der Waals surface area contributed by atoms with E-state index in [1.54, 1.807) is 20.8 Å². The molecule has 0 saturated carbocycles. The second kappa shape index (κ2) is 12.6. The smallest absolute Gasteiger partial charge is 0.333 e. The predicted molar refractivity (Wildman–Crippen MR) is 164 cm³/mol. The number of sulfone groups is 1. The molecule has 0 aliphatic carbocycles. The number of fused-ring (bicyclic) bond motifs is 1. The molecule has 3 aromatic heterocycles. The summed E-state index contributed by atoms with van der Waals surface area (Å²) in [5.74, 6) is -1.24. The summed E-state index contributed by atoms with van der Waals surface area (Å²) in [5.41, 5.74) is -2.44. The molecule has 238 valence electrons. The maximum absolute atomic E-state index is 14.5. The number of carbonyl (C=O) groups is 1. The third-order valence-corrected chi connectivity index (χ3v) is 9.17. The molecule has 4 aromatic rings. The van der Waals surface area contributed by atoms with Crippen LogP contribution in [0.5, 0.6) is 5.75 Å². The van der Waals surface area contributed by atoms with E-state index in [0.29, 0.717) is 10.6 Å². The molecular formula is C28H35FN6O7S2. The number of ether oxygens (including phenoxy) is 2. The summed E-state index contributed by atoms with van der Waals surface area (Å²) in [6, 6.07) is 3.51. The number of methoxy groups -OCH3 is 1. The average Bonchev–Trinajstić information content (AvgIpc) is 3.57. The van der Waals surface area contributed by atoms with E-state index >= 15 is 0 Å². The van der Waals surface area contributed by atoms with E-state index in [2.05, 4.69) is 15.5 Å². The lowest BCUT2D eigenvalue weighted by molar-refractivity contribution is -0.129. The van der Waals surface area contributed by atoms with Crippen LogP contribution in [-0.4, -0.2) is 70.2 Å². The summed E-state index contributed by atoms with van der Waals surface area (Å²) >= 11 is 1.08. The highest BCUT2D eigenvalue weighted by molar-refractivity contribution is 7.90. The molecular weight excluding hydrogens is 615 g/mol. The van der Waals surface area contributed by atoms with Crippen LogP contribution in [0.1, 0.15) is 44.9 Å². The van der Waals surface area contributed by atoms with Crippen LogP contribution in [0.4, 0.5) is 4.39 Å². The first-order valence-corrected chi connectivity index (χ1v) is 16.5. The molecule has 1 N–H and O–H groups in total. The lowest BCUT2D eigenvalue weighted by atomic mass is 10.0. The maximum Gasteiger partial charge on any atom is 0.333 e. The SMILES string of the molecule is COc1ccc(F)cc1C(Cn1c(=O)n(C(C)(C)C(=O)NC(C)C)c(=O)c2c(C)c(-n3nccn3)sc21)OCCS(C)(=O)=O. The number of benzene rings is 1.